The number of ether oxygens (including phenoxy) is 1. The van der Waals surface area contributed by atoms with E-state index in [4.69, 9.17) is 10.5 Å². The summed E-state index contributed by atoms with van der Waals surface area (Å²) in [7, 11) is 0. The van der Waals surface area contributed by atoms with Gasteiger partial charge >= 0.3 is 0 Å². The molecule has 2 nitrogen and oxygen atoms in total. The molecule has 18 heavy (non-hydrogen) atoms. The van der Waals surface area contributed by atoms with Crippen molar-refractivity contribution < 1.29 is 4.74 Å². The zero-order chi connectivity index (χ0) is 13.0. The standard InChI is InChI=1S/C16H19NO/c1-3-15(17)14-9-4-5-10-16(14)18-13-8-6-7-12(2)11-13/h4-11,15H,3,17H2,1-2H3/t15-/m1/s1. The maximum Gasteiger partial charge on any atom is 0.132 e. The predicted molar refractivity (Wildman–Crippen MR) is 74.9 cm³/mol. The zero-order valence-electron chi connectivity index (χ0n) is 10.9. The van der Waals surface area contributed by atoms with E-state index in [1.807, 2.05) is 42.5 Å². The molecule has 0 amide bonds. The SMILES string of the molecule is CC[C@@H](N)c1ccccc1Oc1cccc(C)c1. The first-order valence-electron chi connectivity index (χ1n) is 6.29. The Morgan fingerprint density at radius 1 is 1.11 bits per heavy atom. The van der Waals surface area contributed by atoms with Crippen molar-refractivity contribution in [1.29, 1.82) is 0 Å². The molecule has 0 saturated heterocycles. The Morgan fingerprint density at radius 3 is 2.61 bits per heavy atom. The van der Waals surface area contributed by atoms with Crippen molar-refractivity contribution in [3.63, 3.8) is 0 Å². The lowest BCUT2D eigenvalue weighted by molar-refractivity contribution is 0.468. The summed E-state index contributed by atoms with van der Waals surface area (Å²) in [5.74, 6) is 1.70. The minimum Gasteiger partial charge on any atom is -0.457 e. The molecule has 0 aromatic heterocycles. The maximum atomic E-state index is 6.10. The summed E-state index contributed by atoms with van der Waals surface area (Å²) < 4.78 is 5.93. The van der Waals surface area contributed by atoms with Crippen LogP contribution in [-0.4, -0.2) is 0 Å². The molecule has 0 unspecified atom stereocenters. The molecule has 2 rings (SSSR count). The van der Waals surface area contributed by atoms with E-state index >= 15 is 0 Å². The second-order valence-corrected chi connectivity index (χ2v) is 4.47. The summed E-state index contributed by atoms with van der Waals surface area (Å²) in [4.78, 5) is 0. The fourth-order valence-corrected chi connectivity index (χ4v) is 1.91. The van der Waals surface area contributed by atoms with Crippen LogP contribution in [0.2, 0.25) is 0 Å². The highest BCUT2D eigenvalue weighted by molar-refractivity contribution is 5.40. The predicted octanol–water partition coefficient (Wildman–Crippen LogP) is 4.20. The van der Waals surface area contributed by atoms with Gasteiger partial charge in [0.05, 0.1) is 0 Å². The second-order valence-electron chi connectivity index (χ2n) is 4.47. The van der Waals surface area contributed by atoms with Crippen molar-refractivity contribution >= 4 is 0 Å². The topological polar surface area (TPSA) is 35.2 Å². The molecule has 2 heteroatoms. The molecular formula is C16H19NO. The van der Waals surface area contributed by atoms with Crippen molar-refractivity contribution in [2.24, 2.45) is 5.73 Å². The quantitative estimate of drug-likeness (QED) is 0.870. The van der Waals surface area contributed by atoms with Crippen molar-refractivity contribution in [2.75, 3.05) is 0 Å². The smallest absolute Gasteiger partial charge is 0.132 e. The van der Waals surface area contributed by atoms with E-state index in [9.17, 15) is 0 Å². The minimum absolute atomic E-state index is 0.0195. The van der Waals surface area contributed by atoms with E-state index in [0.29, 0.717) is 0 Å². The third-order valence-electron chi connectivity index (χ3n) is 2.98. The minimum atomic E-state index is 0.0195. The zero-order valence-corrected chi connectivity index (χ0v) is 10.9. The molecular weight excluding hydrogens is 222 g/mol. The summed E-state index contributed by atoms with van der Waals surface area (Å²) in [6.45, 7) is 4.13. The molecule has 0 aliphatic heterocycles. The molecule has 0 heterocycles. The van der Waals surface area contributed by atoms with Gasteiger partial charge in [-0.05, 0) is 37.1 Å². The van der Waals surface area contributed by atoms with E-state index in [1.54, 1.807) is 0 Å². The highest BCUT2D eigenvalue weighted by Gasteiger charge is 2.10. The fourth-order valence-electron chi connectivity index (χ4n) is 1.91. The normalized spacial score (nSPS) is 12.2. The largest absolute Gasteiger partial charge is 0.457 e. The molecule has 2 aromatic carbocycles. The van der Waals surface area contributed by atoms with Gasteiger partial charge in [0.25, 0.3) is 0 Å². The number of hydrogen-bond acceptors (Lipinski definition) is 2. The molecule has 0 radical (unpaired) electrons. The van der Waals surface area contributed by atoms with Crippen LogP contribution in [0.4, 0.5) is 0 Å². The molecule has 0 fully saturated rings. The van der Waals surface area contributed by atoms with Crippen molar-refractivity contribution in [3.8, 4) is 11.5 Å². The van der Waals surface area contributed by atoms with Crippen LogP contribution in [0.15, 0.2) is 48.5 Å². The van der Waals surface area contributed by atoms with Crippen LogP contribution in [0.3, 0.4) is 0 Å². The first kappa shape index (κ1) is 12.7. The Hall–Kier alpha value is -1.80. The average molecular weight is 241 g/mol. The Kier molecular flexibility index (Phi) is 4.00. The van der Waals surface area contributed by atoms with Crippen LogP contribution in [0.1, 0.15) is 30.5 Å². The van der Waals surface area contributed by atoms with Gasteiger partial charge in [-0.2, -0.15) is 0 Å². The highest BCUT2D eigenvalue weighted by Crippen LogP contribution is 2.30. The number of para-hydroxylation sites is 1. The van der Waals surface area contributed by atoms with E-state index in [0.717, 1.165) is 23.5 Å². The number of hydrogen-bond donors (Lipinski definition) is 1. The van der Waals surface area contributed by atoms with Gasteiger partial charge in [-0.25, -0.2) is 0 Å². The lowest BCUT2D eigenvalue weighted by atomic mass is 10.0. The molecule has 94 valence electrons. The number of rotatable bonds is 4. The van der Waals surface area contributed by atoms with E-state index in [-0.39, 0.29) is 6.04 Å². The van der Waals surface area contributed by atoms with Gasteiger partial charge in [0.15, 0.2) is 0 Å². The third kappa shape index (κ3) is 2.90. The summed E-state index contributed by atoms with van der Waals surface area (Å²) in [6.07, 6.45) is 0.897. The van der Waals surface area contributed by atoms with E-state index < -0.39 is 0 Å². The first-order chi connectivity index (χ1) is 8.70. The van der Waals surface area contributed by atoms with Crippen molar-refractivity contribution in [2.45, 2.75) is 26.3 Å². The van der Waals surface area contributed by atoms with Crippen LogP contribution in [0.25, 0.3) is 0 Å². The molecule has 1 atom stereocenters. The summed E-state index contributed by atoms with van der Waals surface area (Å²) in [6, 6.07) is 16.0. The monoisotopic (exact) mass is 241 g/mol. The Labute approximate surface area is 108 Å². The highest BCUT2D eigenvalue weighted by atomic mass is 16.5. The lowest BCUT2D eigenvalue weighted by Crippen LogP contribution is -2.09. The number of benzene rings is 2. The summed E-state index contributed by atoms with van der Waals surface area (Å²) in [5.41, 5.74) is 8.34. The van der Waals surface area contributed by atoms with Crippen LogP contribution in [0, 0.1) is 6.92 Å². The molecule has 0 saturated carbocycles. The van der Waals surface area contributed by atoms with Gasteiger partial charge in [-0.15, -0.1) is 0 Å². The van der Waals surface area contributed by atoms with Crippen molar-refractivity contribution in [1.82, 2.24) is 0 Å². The van der Waals surface area contributed by atoms with Crippen LogP contribution >= 0.6 is 0 Å². The number of aryl methyl sites for hydroxylation is 1. The summed E-state index contributed by atoms with van der Waals surface area (Å²) >= 11 is 0. The van der Waals surface area contributed by atoms with Gasteiger partial charge < -0.3 is 10.5 Å². The molecule has 0 aliphatic rings. The average Bonchev–Trinajstić information content (AvgIpc) is 2.38. The molecule has 0 aliphatic carbocycles. The lowest BCUT2D eigenvalue weighted by Gasteiger charge is -2.15. The third-order valence-corrected chi connectivity index (χ3v) is 2.98. The molecule has 0 spiro atoms. The van der Waals surface area contributed by atoms with Gasteiger partial charge in [-0.1, -0.05) is 37.3 Å². The van der Waals surface area contributed by atoms with Crippen LogP contribution in [-0.2, 0) is 0 Å². The van der Waals surface area contributed by atoms with E-state index in [1.165, 1.54) is 5.56 Å². The van der Waals surface area contributed by atoms with Gasteiger partial charge in [0.1, 0.15) is 11.5 Å². The van der Waals surface area contributed by atoms with Gasteiger partial charge in [-0.3, -0.25) is 0 Å². The Bertz CT molecular complexity index is 522. The van der Waals surface area contributed by atoms with Crippen LogP contribution < -0.4 is 10.5 Å². The van der Waals surface area contributed by atoms with Gasteiger partial charge in [0.2, 0.25) is 0 Å². The van der Waals surface area contributed by atoms with Crippen LogP contribution in [0.5, 0.6) is 11.5 Å². The number of nitrogens with two attached hydrogens (primary N) is 1. The first-order valence-corrected chi connectivity index (χ1v) is 6.29. The summed E-state index contributed by atoms with van der Waals surface area (Å²) in [5, 5.41) is 0. The Balaban J connectivity index is 2.29. The molecule has 2 aromatic rings. The second kappa shape index (κ2) is 5.69. The fraction of sp³-hybridized carbons (Fsp3) is 0.250. The molecule has 0 bridgehead atoms. The van der Waals surface area contributed by atoms with Gasteiger partial charge in [0, 0.05) is 11.6 Å². The van der Waals surface area contributed by atoms with Crippen molar-refractivity contribution in [3.05, 3.63) is 59.7 Å². The van der Waals surface area contributed by atoms with E-state index in [2.05, 4.69) is 19.9 Å². The maximum absolute atomic E-state index is 6.10. The molecule has 2 N–H and O–H groups in total. The Morgan fingerprint density at radius 2 is 1.89 bits per heavy atom.